The van der Waals surface area contributed by atoms with E-state index in [2.05, 4.69) is 211 Å². The second kappa shape index (κ2) is 14.7. The lowest BCUT2D eigenvalue weighted by Crippen LogP contribution is -2.27. The molecule has 0 radical (unpaired) electrons. The van der Waals surface area contributed by atoms with Crippen molar-refractivity contribution in [3.05, 3.63) is 257 Å². The molecule has 0 aromatic heterocycles. The van der Waals surface area contributed by atoms with Crippen molar-refractivity contribution >= 4 is 16.8 Å². The average molecular weight is 824 g/mol. The van der Waals surface area contributed by atoms with Gasteiger partial charge in [-0.3, -0.25) is 0 Å². The van der Waals surface area contributed by atoms with Crippen LogP contribution in [0.25, 0.3) is 33.4 Å². The smallest absolute Gasteiger partial charge is 0.178 e. The van der Waals surface area contributed by atoms with Crippen LogP contribution in [-0.2, 0) is 5.41 Å². The SMILES string of the molecule is C1=CC2=C(CC1)c1ccccc1C21c2ccccc2-c2c1ccc1c2Oc2cc(N(C3=CCC(c4ccccc4-c4ccccc4)C=C3)C3=C(c4ccccc4)C=CCC3)ccc2O1. The van der Waals surface area contributed by atoms with Crippen LogP contribution in [0.5, 0.6) is 23.0 Å². The Morgan fingerprint density at radius 1 is 0.531 bits per heavy atom. The maximum atomic E-state index is 7.26. The number of fused-ring (bicyclic) bond motifs is 12. The van der Waals surface area contributed by atoms with E-state index in [1.807, 2.05) is 0 Å². The number of anilines is 1. The molecule has 0 saturated heterocycles. The summed E-state index contributed by atoms with van der Waals surface area (Å²) in [5, 5.41) is 0. The van der Waals surface area contributed by atoms with Crippen LogP contribution in [0.4, 0.5) is 5.69 Å². The number of allylic oxidation sites excluding steroid dienone is 11. The van der Waals surface area contributed by atoms with Gasteiger partial charge in [0.1, 0.15) is 0 Å². The van der Waals surface area contributed by atoms with E-state index in [-0.39, 0.29) is 5.92 Å². The number of hydrogen-bond acceptors (Lipinski definition) is 3. The van der Waals surface area contributed by atoms with Gasteiger partial charge in [-0.2, -0.15) is 0 Å². The van der Waals surface area contributed by atoms with Crippen LogP contribution in [0.3, 0.4) is 0 Å². The van der Waals surface area contributed by atoms with Crippen LogP contribution in [0.15, 0.2) is 223 Å². The average Bonchev–Trinajstić information content (AvgIpc) is 3.84. The summed E-state index contributed by atoms with van der Waals surface area (Å²) in [5.74, 6) is 3.22. The summed E-state index contributed by atoms with van der Waals surface area (Å²) in [7, 11) is 0. The molecule has 306 valence electrons. The summed E-state index contributed by atoms with van der Waals surface area (Å²) >= 11 is 0. The van der Waals surface area contributed by atoms with Gasteiger partial charge in [-0.25, -0.2) is 0 Å². The Kier molecular flexibility index (Phi) is 8.52. The molecule has 2 atom stereocenters. The third kappa shape index (κ3) is 5.53. The summed E-state index contributed by atoms with van der Waals surface area (Å²) in [5.41, 5.74) is 19.9. The van der Waals surface area contributed by atoms with Gasteiger partial charge in [0.25, 0.3) is 0 Å². The number of ether oxygens (including phenoxy) is 2. The fourth-order valence-corrected chi connectivity index (χ4v) is 11.6. The Balaban J connectivity index is 0.931. The first kappa shape index (κ1) is 37.0. The van der Waals surface area contributed by atoms with E-state index in [0.29, 0.717) is 0 Å². The van der Waals surface area contributed by atoms with Gasteiger partial charge < -0.3 is 14.4 Å². The van der Waals surface area contributed by atoms with Gasteiger partial charge in [-0.05, 0) is 118 Å². The first-order chi connectivity index (χ1) is 31.8. The molecule has 7 aromatic rings. The van der Waals surface area contributed by atoms with E-state index >= 15 is 0 Å². The normalized spacial score (nSPS) is 19.5. The van der Waals surface area contributed by atoms with Crippen molar-refractivity contribution in [3.63, 3.8) is 0 Å². The molecule has 0 saturated carbocycles. The summed E-state index contributed by atoms with van der Waals surface area (Å²) in [6.07, 6.45) is 21.4. The zero-order chi connectivity index (χ0) is 42.2. The molecule has 1 aliphatic heterocycles. The van der Waals surface area contributed by atoms with Gasteiger partial charge in [0.2, 0.25) is 0 Å². The number of benzene rings is 7. The van der Waals surface area contributed by atoms with Crippen LogP contribution in [-0.4, -0.2) is 0 Å². The van der Waals surface area contributed by atoms with E-state index in [9.17, 15) is 0 Å². The molecule has 1 spiro atoms. The van der Waals surface area contributed by atoms with Crippen molar-refractivity contribution in [1.82, 2.24) is 0 Å². The molecule has 1 heterocycles. The van der Waals surface area contributed by atoms with Gasteiger partial charge >= 0.3 is 0 Å². The molecule has 64 heavy (non-hydrogen) atoms. The Labute approximate surface area is 375 Å². The molecule has 2 unspecified atom stereocenters. The van der Waals surface area contributed by atoms with Crippen LogP contribution in [0, 0.1) is 0 Å². The van der Waals surface area contributed by atoms with Crippen molar-refractivity contribution in [3.8, 4) is 45.3 Å². The summed E-state index contributed by atoms with van der Waals surface area (Å²) < 4.78 is 14.1. The zero-order valence-corrected chi connectivity index (χ0v) is 35.5. The molecule has 0 bridgehead atoms. The Morgan fingerprint density at radius 3 is 2.03 bits per heavy atom. The van der Waals surface area contributed by atoms with Gasteiger partial charge in [-0.15, -0.1) is 0 Å². The van der Waals surface area contributed by atoms with E-state index < -0.39 is 5.41 Å². The minimum absolute atomic E-state index is 0.253. The Hall–Kier alpha value is -7.62. The molecule has 3 heteroatoms. The first-order valence-electron chi connectivity index (χ1n) is 22.8. The fraction of sp³-hybridized carbons (Fsp3) is 0.115. The van der Waals surface area contributed by atoms with Crippen molar-refractivity contribution in [2.24, 2.45) is 0 Å². The van der Waals surface area contributed by atoms with Gasteiger partial charge in [0.05, 0.1) is 5.41 Å². The monoisotopic (exact) mass is 823 g/mol. The third-order valence-corrected chi connectivity index (χ3v) is 14.3. The highest BCUT2D eigenvalue weighted by Crippen LogP contribution is 2.66. The number of hydrogen-bond donors (Lipinski definition) is 0. The molecule has 7 aromatic carbocycles. The highest BCUT2D eigenvalue weighted by Gasteiger charge is 2.53. The second-order valence-corrected chi connectivity index (χ2v) is 17.6. The molecule has 13 rings (SSSR count). The van der Waals surface area contributed by atoms with E-state index in [1.165, 1.54) is 72.5 Å². The third-order valence-electron chi connectivity index (χ3n) is 14.3. The molecule has 0 N–H and O–H groups in total. The predicted octanol–water partition coefficient (Wildman–Crippen LogP) is 15.9. The van der Waals surface area contributed by atoms with E-state index in [0.717, 1.165) is 72.1 Å². The molecular weight excluding hydrogens is 779 g/mol. The lowest BCUT2D eigenvalue weighted by Gasteiger charge is -2.35. The first-order valence-corrected chi connectivity index (χ1v) is 22.8. The van der Waals surface area contributed by atoms with Crippen molar-refractivity contribution in [1.29, 1.82) is 0 Å². The maximum Gasteiger partial charge on any atom is 0.178 e. The minimum atomic E-state index is -0.417. The van der Waals surface area contributed by atoms with Crippen LogP contribution < -0.4 is 14.4 Å². The lowest BCUT2D eigenvalue weighted by molar-refractivity contribution is 0.360. The zero-order valence-electron chi connectivity index (χ0n) is 35.5. The molecule has 3 nitrogen and oxygen atoms in total. The number of rotatable bonds is 6. The van der Waals surface area contributed by atoms with Crippen LogP contribution in [0.2, 0.25) is 0 Å². The minimum Gasteiger partial charge on any atom is -0.449 e. The Bertz CT molecular complexity index is 3250. The van der Waals surface area contributed by atoms with E-state index in [1.54, 1.807) is 0 Å². The number of nitrogens with zero attached hydrogens (tertiary/aromatic N) is 1. The van der Waals surface area contributed by atoms with E-state index in [4.69, 9.17) is 9.47 Å². The topological polar surface area (TPSA) is 21.7 Å². The quantitative estimate of drug-likeness (QED) is 0.167. The van der Waals surface area contributed by atoms with Crippen molar-refractivity contribution < 1.29 is 9.47 Å². The Morgan fingerprint density at radius 2 is 1.22 bits per heavy atom. The van der Waals surface area contributed by atoms with Crippen LogP contribution >= 0.6 is 0 Å². The standard InChI is InChI=1S/C61H45NO2/c1-3-17-40(18-4-1)45-21-7-8-22-46(45)42-31-33-43(34-32-42)62(55-30-16-12-23-47(55)41-19-5-2-6-20-41)44-35-37-56-58(39-44)64-60-57(63-56)38-36-54-59(60)50-26-11-15-29-53(50)61(54)51-27-13-9-24-48(51)49-25-10-14-28-52(49)61/h1-9,11-15,17-24,26-29,31,33-39,42H,10,16,25,30,32H2. The van der Waals surface area contributed by atoms with Gasteiger partial charge in [-0.1, -0.05) is 176 Å². The fourth-order valence-electron chi connectivity index (χ4n) is 11.6. The highest BCUT2D eigenvalue weighted by atomic mass is 16.6. The second-order valence-electron chi connectivity index (χ2n) is 17.6. The van der Waals surface area contributed by atoms with Crippen molar-refractivity contribution in [2.45, 2.75) is 43.4 Å². The highest BCUT2D eigenvalue weighted by molar-refractivity contribution is 5.98. The van der Waals surface area contributed by atoms with Crippen LogP contribution in [0.1, 0.15) is 71.4 Å². The maximum absolute atomic E-state index is 7.26. The molecule has 5 aliphatic carbocycles. The van der Waals surface area contributed by atoms with Gasteiger partial charge in [0.15, 0.2) is 23.0 Å². The molecular formula is C61H45NO2. The molecule has 0 fully saturated rings. The van der Waals surface area contributed by atoms with Gasteiger partial charge in [0, 0.05) is 40.2 Å². The summed E-state index contributed by atoms with van der Waals surface area (Å²) in [4.78, 5) is 2.47. The largest absolute Gasteiger partial charge is 0.449 e. The molecule has 6 aliphatic rings. The lowest BCUT2D eigenvalue weighted by atomic mass is 9.69. The predicted molar refractivity (Wildman–Crippen MR) is 261 cm³/mol. The van der Waals surface area contributed by atoms with Crippen molar-refractivity contribution in [2.75, 3.05) is 4.90 Å². The summed E-state index contributed by atoms with van der Waals surface area (Å²) in [6, 6.07) is 59.4. The summed E-state index contributed by atoms with van der Waals surface area (Å²) in [6.45, 7) is 0. The molecule has 0 amide bonds.